The molecule has 33 heavy (non-hydrogen) atoms. The van der Waals surface area contributed by atoms with Crippen molar-refractivity contribution in [3.63, 3.8) is 0 Å². The van der Waals surface area contributed by atoms with E-state index in [-0.39, 0.29) is 0 Å². The minimum atomic E-state index is 0.875. The predicted molar refractivity (Wildman–Crippen MR) is 151 cm³/mol. The summed E-state index contributed by atoms with van der Waals surface area (Å²) in [5.41, 5.74) is 0. The van der Waals surface area contributed by atoms with Crippen LogP contribution in [0, 0.1) is 0 Å². The Labute approximate surface area is 211 Å². The number of hydrogen-bond acceptors (Lipinski definition) is 1. The molecule has 0 aromatic heterocycles. The van der Waals surface area contributed by atoms with E-state index in [2.05, 4.69) is 13.8 Å². The first kappa shape index (κ1) is 33.0. The van der Waals surface area contributed by atoms with Crippen LogP contribution in [0.15, 0.2) is 0 Å². The molecule has 200 valence electrons. The Morgan fingerprint density at radius 3 is 0.697 bits per heavy atom. The zero-order valence-corrected chi connectivity index (χ0v) is 23.6. The molecule has 0 heterocycles. The van der Waals surface area contributed by atoms with Crippen molar-refractivity contribution in [1.29, 1.82) is 0 Å². The van der Waals surface area contributed by atoms with Crippen molar-refractivity contribution < 1.29 is 4.74 Å². The summed E-state index contributed by atoms with van der Waals surface area (Å²) in [4.78, 5) is 0. The number of unbranched alkanes of at least 4 members (excludes halogenated alkanes) is 27. The summed E-state index contributed by atoms with van der Waals surface area (Å²) in [6, 6.07) is 0. The van der Waals surface area contributed by atoms with Gasteiger partial charge in [-0.1, -0.05) is 180 Å². The third-order valence-electron chi connectivity index (χ3n) is 7.35. The van der Waals surface area contributed by atoms with Crippen molar-refractivity contribution >= 4 is 0 Å². The van der Waals surface area contributed by atoms with Gasteiger partial charge in [0.2, 0.25) is 0 Å². The largest absolute Gasteiger partial charge is 0.382 e. The maximum absolute atomic E-state index is 5.39. The Balaban J connectivity index is 2.99. The van der Waals surface area contributed by atoms with Gasteiger partial charge in [-0.15, -0.1) is 0 Å². The predicted octanol–water partition coefficient (Wildman–Crippen LogP) is 12.0. The summed E-state index contributed by atoms with van der Waals surface area (Å²) >= 11 is 0. The molecule has 0 rings (SSSR count). The minimum absolute atomic E-state index is 0.875. The Morgan fingerprint density at radius 2 is 0.485 bits per heavy atom. The topological polar surface area (TPSA) is 9.23 Å². The van der Waals surface area contributed by atoms with Crippen LogP contribution in [0.1, 0.15) is 194 Å². The summed E-state index contributed by atoms with van der Waals surface area (Å²) < 4.78 is 5.39. The fourth-order valence-corrected chi connectivity index (χ4v) is 5.02. The lowest BCUT2D eigenvalue weighted by atomic mass is 10.0. The van der Waals surface area contributed by atoms with Crippen LogP contribution in [0.4, 0.5) is 0 Å². The molecule has 0 saturated heterocycles. The fraction of sp³-hybridized carbons (Fsp3) is 1.00. The second-order valence-corrected chi connectivity index (χ2v) is 10.7. The van der Waals surface area contributed by atoms with Gasteiger partial charge in [-0.3, -0.25) is 0 Å². The highest BCUT2D eigenvalue weighted by molar-refractivity contribution is 4.52. The van der Waals surface area contributed by atoms with Crippen molar-refractivity contribution in [2.75, 3.05) is 13.2 Å². The van der Waals surface area contributed by atoms with Crippen LogP contribution in [-0.2, 0) is 4.74 Å². The Hall–Kier alpha value is -0.0400. The molecule has 0 fully saturated rings. The molecule has 0 unspecified atom stereocenters. The second kappa shape index (κ2) is 32.0. The van der Waals surface area contributed by atoms with Crippen LogP contribution in [0.3, 0.4) is 0 Å². The van der Waals surface area contributed by atoms with Crippen molar-refractivity contribution in [1.82, 2.24) is 0 Å². The first-order valence-corrected chi connectivity index (χ1v) is 16.0. The zero-order valence-electron chi connectivity index (χ0n) is 23.6. The highest BCUT2D eigenvalue weighted by atomic mass is 16.5. The molecule has 0 radical (unpaired) electrons. The van der Waals surface area contributed by atoms with E-state index in [0.717, 1.165) is 13.2 Å². The molecule has 0 saturated carbocycles. The summed E-state index contributed by atoms with van der Waals surface area (Å²) in [5, 5.41) is 0. The van der Waals surface area contributed by atoms with Gasteiger partial charge in [0.05, 0.1) is 0 Å². The normalized spacial score (nSPS) is 11.5. The minimum Gasteiger partial charge on any atom is -0.382 e. The molecule has 0 spiro atoms. The van der Waals surface area contributed by atoms with E-state index in [1.54, 1.807) is 0 Å². The van der Waals surface area contributed by atoms with Crippen molar-refractivity contribution in [2.24, 2.45) is 0 Å². The van der Waals surface area contributed by atoms with Gasteiger partial charge >= 0.3 is 0 Å². The van der Waals surface area contributed by atoms with Crippen molar-refractivity contribution in [3.05, 3.63) is 0 Å². The molecule has 0 bridgehead atoms. The van der Waals surface area contributed by atoms with Gasteiger partial charge in [-0.2, -0.15) is 0 Å². The molecule has 0 aliphatic carbocycles. The first-order chi connectivity index (χ1) is 16.4. The van der Waals surface area contributed by atoms with E-state index >= 15 is 0 Å². The zero-order chi connectivity index (χ0) is 23.9. The molecule has 0 aromatic rings. The maximum Gasteiger partial charge on any atom is 0.0465 e. The highest BCUT2D eigenvalue weighted by Crippen LogP contribution is 2.16. The molecule has 0 aliphatic heterocycles. The Bertz CT molecular complexity index is 284. The van der Waals surface area contributed by atoms with E-state index in [1.165, 1.54) is 180 Å². The highest BCUT2D eigenvalue weighted by Gasteiger charge is 1.96. The number of rotatable bonds is 30. The van der Waals surface area contributed by atoms with Crippen LogP contribution in [0.25, 0.3) is 0 Å². The number of hydrogen-bond donors (Lipinski definition) is 0. The van der Waals surface area contributed by atoms with E-state index < -0.39 is 0 Å². The SMILES string of the molecule is CCCCCCCCCCCCCCCCCCCCCCCCCCCCCCOCC. The average molecular weight is 467 g/mol. The molecule has 1 nitrogen and oxygen atoms in total. The van der Waals surface area contributed by atoms with Crippen LogP contribution >= 0.6 is 0 Å². The van der Waals surface area contributed by atoms with Crippen molar-refractivity contribution in [3.8, 4) is 0 Å². The van der Waals surface area contributed by atoms with Crippen LogP contribution < -0.4 is 0 Å². The summed E-state index contributed by atoms with van der Waals surface area (Å²) in [5.74, 6) is 0. The summed E-state index contributed by atoms with van der Waals surface area (Å²) in [7, 11) is 0. The molecule has 1 heteroatoms. The van der Waals surface area contributed by atoms with Crippen LogP contribution in [0.2, 0.25) is 0 Å². The average Bonchev–Trinajstić information content (AvgIpc) is 2.83. The van der Waals surface area contributed by atoms with Gasteiger partial charge in [-0.25, -0.2) is 0 Å². The van der Waals surface area contributed by atoms with Crippen LogP contribution in [0.5, 0.6) is 0 Å². The molecule has 0 aliphatic rings. The third-order valence-corrected chi connectivity index (χ3v) is 7.35. The maximum atomic E-state index is 5.39. The monoisotopic (exact) mass is 467 g/mol. The molecule has 0 aromatic carbocycles. The molecule has 0 N–H and O–H groups in total. The standard InChI is InChI=1S/C32H66O/c1-3-5-6-7-8-9-10-11-12-13-14-15-16-17-18-19-20-21-22-23-24-25-26-27-28-29-30-31-32-33-4-2/h3-32H2,1-2H3. The van der Waals surface area contributed by atoms with E-state index in [9.17, 15) is 0 Å². The van der Waals surface area contributed by atoms with Gasteiger partial charge in [0.15, 0.2) is 0 Å². The van der Waals surface area contributed by atoms with E-state index in [0.29, 0.717) is 0 Å². The van der Waals surface area contributed by atoms with Crippen LogP contribution in [-0.4, -0.2) is 13.2 Å². The quantitative estimate of drug-likeness (QED) is 0.0956. The lowest BCUT2D eigenvalue weighted by Crippen LogP contribution is -1.92. The van der Waals surface area contributed by atoms with E-state index in [4.69, 9.17) is 4.74 Å². The fourth-order valence-electron chi connectivity index (χ4n) is 5.02. The van der Waals surface area contributed by atoms with Gasteiger partial charge in [0, 0.05) is 13.2 Å². The molecular formula is C32H66O. The molecular weight excluding hydrogens is 400 g/mol. The summed E-state index contributed by atoms with van der Waals surface area (Å²) in [6.07, 6.45) is 40.9. The second-order valence-electron chi connectivity index (χ2n) is 10.7. The third kappa shape index (κ3) is 32.0. The molecule has 0 atom stereocenters. The van der Waals surface area contributed by atoms with Gasteiger partial charge in [0.1, 0.15) is 0 Å². The summed E-state index contributed by atoms with van der Waals surface area (Å²) in [6.45, 7) is 6.23. The van der Waals surface area contributed by atoms with Gasteiger partial charge in [0.25, 0.3) is 0 Å². The number of ether oxygens (including phenoxy) is 1. The Morgan fingerprint density at radius 1 is 0.273 bits per heavy atom. The Kier molecular flexibility index (Phi) is 31.9. The lowest BCUT2D eigenvalue weighted by molar-refractivity contribution is 0.143. The lowest BCUT2D eigenvalue weighted by Gasteiger charge is -2.04. The van der Waals surface area contributed by atoms with Crippen molar-refractivity contribution in [2.45, 2.75) is 194 Å². The smallest absolute Gasteiger partial charge is 0.0465 e. The van der Waals surface area contributed by atoms with Gasteiger partial charge in [-0.05, 0) is 13.3 Å². The van der Waals surface area contributed by atoms with Gasteiger partial charge < -0.3 is 4.74 Å². The van der Waals surface area contributed by atoms with E-state index in [1.807, 2.05) is 0 Å². The first-order valence-electron chi connectivity index (χ1n) is 16.0. The molecule has 0 amide bonds.